The lowest BCUT2D eigenvalue weighted by molar-refractivity contribution is 0.179. The van der Waals surface area contributed by atoms with Gasteiger partial charge in [0.05, 0.1) is 12.6 Å². The average molecular weight is 249 g/mol. The highest BCUT2D eigenvalue weighted by Gasteiger charge is 2.13. The molecule has 17 heavy (non-hydrogen) atoms. The summed E-state index contributed by atoms with van der Waals surface area (Å²) in [6.45, 7) is 2.92. The maximum Gasteiger partial charge on any atom is 0.110 e. The molecule has 0 fully saturated rings. The van der Waals surface area contributed by atoms with Crippen molar-refractivity contribution in [3.8, 4) is 0 Å². The van der Waals surface area contributed by atoms with Gasteiger partial charge in [0.25, 0.3) is 0 Å². The average Bonchev–Trinajstić information content (AvgIpc) is 2.37. The molecule has 0 spiro atoms. The van der Waals surface area contributed by atoms with E-state index in [0.717, 1.165) is 31.0 Å². The fourth-order valence-corrected chi connectivity index (χ4v) is 2.79. The first kappa shape index (κ1) is 12.5. The van der Waals surface area contributed by atoms with Crippen molar-refractivity contribution in [3.05, 3.63) is 41.7 Å². The molecule has 1 atom stereocenters. The van der Waals surface area contributed by atoms with E-state index in [1.807, 2.05) is 0 Å². The Morgan fingerprint density at radius 1 is 1.47 bits per heavy atom. The predicted octanol–water partition coefficient (Wildman–Crippen LogP) is 3.11. The molecule has 1 unspecified atom stereocenters. The van der Waals surface area contributed by atoms with Crippen LogP contribution in [-0.4, -0.2) is 18.4 Å². The molecule has 0 saturated heterocycles. The second kappa shape index (κ2) is 6.12. The number of aryl methyl sites for hydroxylation is 1. The van der Waals surface area contributed by atoms with Gasteiger partial charge >= 0.3 is 0 Å². The van der Waals surface area contributed by atoms with Crippen LogP contribution in [0, 0.1) is 6.92 Å². The number of thioether (sulfide) groups is 1. The molecular formula is C14H19NOS. The molecule has 0 bridgehead atoms. The lowest BCUT2D eigenvalue weighted by Gasteiger charge is -2.20. The maximum absolute atomic E-state index is 6.12. The van der Waals surface area contributed by atoms with Gasteiger partial charge in [0, 0.05) is 10.6 Å². The Kier molecular flexibility index (Phi) is 4.51. The Balaban J connectivity index is 1.87. The van der Waals surface area contributed by atoms with Crippen molar-refractivity contribution in [1.29, 1.82) is 0 Å². The zero-order chi connectivity index (χ0) is 12.1. The standard InChI is InChI=1S/C14H19NOS/c1-11-5-4-6-12(9-11)17-10-13(15)14-7-2-3-8-16-14/h4-7,9,13H,2-3,8,10,15H2,1H3. The van der Waals surface area contributed by atoms with Crippen LogP contribution in [0.4, 0.5) is 0 Å². The quantitative estimate of drug-likeness (QED) is 0.833. The Bertz CT molecular complexity index is 403. The normalized spacial score (nSPS) is 17.2. The van der Waals surface area contributed by atoms with Crippen LogP contribution >= 0.6 is 11.8 Å². The first-order chi connectivity index (χ1) is 8.25. The van der Waals surface area contributed by atoms with E-state index in [4.69, 9.17) is 10.5 Å². The summed E-state index contributed by atoms with van der Waals surface area (Å²) in [4.78, 5) is 1.27. The van der Waals surface area contributed by atoms with Crippen molar-refractivity contribution in [2.45, 2.75) is 30.7 Å². The van der Waals surface area contributed by atoms with E-state index >= 15 is 0 Å². The molecule has 2 rings (SSSR count). The van der Waals surface area contributed by atoms with Gasteiger partial charge in [-0.1, -0.05) is 17.7 Å². The Morgan fingerprint density at radius 3 is 3.06 bits per heavy atom. The van der Waals surface area contributed by atoms with Crippen LogP contribution in [0.5, 0.6) is 0 Å². The number of benzene rings is 1. The molecule has 0 aliphatic carbocycles. The third kappa shape index (κ3) is 3.79. The number of ether oxygens (including phenoxy) is 1. The largest absolute Gasteiger partial charge is 0.497 e. The second-order valence-electron chi connectivity index (χ2n) is 4.33. The molecule has 1 aromatic rings. The molecule has 92 valence electrons. The molecule has 0 aromatic heterocycles. The SMILES string of the molecule is Cc1cccc(SCC(N)C2=CCCCO2)c1. The summed E-state index contributed by atoms with van der Waals surface area (Å²) in [5, 5.41) is 0. The number of nitrogens with two attached hydrogens (primary N) is 1. The zero-order valence-corrected chi connectivity index (χ0v) is 11.0. The third-order valence-electron chi connectivity index (χ3n) is 2.75. The molecule has 1 aliphatic rings. The molecule has 3 heteroatoms. The van der Waals surface area contributed by atoms with Crippen molar-refractivity contribution in [2.24, 2.45) is 5.73 Å². The highest BCUT2D eigenvalue weighted by atomic mass is 32.2. The summed E-state index contributed by atoms with van der Waals surface area (Å²) in [5.41, 5.74) is 7.41. The molecular weight excluding hydrogens is 230 g/mol. The second-order valence-corrected chi connectivity index (χ2v) is 5.42. The van der Waals surface area contributed by atoms with E-state index in [2.05, 4.69) is 37.3 Å². The van der Waals surface area contributed by atoms with Crippen molar-refractivity contribution >= 4 is 11.8 Å². The first-order valence-electron chi connectivity index (χ1n) is 6.03. The van der Waals surface area contributed by atoms with E-state index in [9.17, 15) is 0 Å². The topological polar surface area (TPSA) is 35.2 Å². The van der Waals surface area contributed by atoms with E-state index in [1.54, 1.807) is 11.8 Å². The highest BCUT2D eigenvalue weighted by molar-refractivity contribution is 7.99. The zero-order valence-electron chi connectivity index (χ0n) is 10.2. The number of hydrogen-bond acceptors (Lipinski definition) is 3. The minimum atomic E-state index is 0.0146. The van der Waals surface area contributed by atoms with Gasteiger partial charge in [-0.15, -0.1) is 11.8 Å². The molecule has 0 amide bonds. The van der Waals surface area contributed by atoms with E-state index in [1.165, 1.54) is 10.5 Å². The van der Waals surface area contributed by atoms with Gasteiger partial charge in [-0.25, -0.2) is 0 Å². The molecule has 2 nitrogen and oxygen atoms in total. The van der Waals surface area contributed by atoms with Crippen LogP contribution < -0.4 is 5.73 Å². The van der Waals surface area contributed by atoms with Gasteiger partial charge in [0.2, 0.25) is 0 Å². The number of hydrogen-bond donors (Lipinski definition) is 1. The maximum atomic E-state index is 6.12. The Labute approximate surface area is 107 Å². The molecule has 2 N–H and O–H groups in total. The minimum absolute atomic E-state index is 0.0146. The van der Waals surface area contributed by atoms with Crippen LogP contribution in [0.2, 0.25) is 0 Å². The molecule has 0 saturated carbocycles. The van der Waals surface area contributed by atoms with Crippen molar-refractivity contribution in [2.75, 3.05) is 12.4 Å². The Hall–Kier alpha value is -0.930. The number of rotatable bonds is 4. The minimum Gasteiger partial charge on any atom is -0.497 e. The van der Waals surface area contributed by atoms with E-state index < -0.39 is 0 Å². The molecule has 1 heterocycles. The van der Waals surface area contributed by atoms with Crippen LogP contribution in [0.25, 0.3) is 0 Å². The Morgan fingerprint density at radius 2 is 2.35 bits per heavy atom. The van der Waals surface area contributed by atoms with Crippen molar-refractivity contribution in [1.82, 2.24) is 0 Å². The molecule has 0 radical (unpaired) electrons. The fraction of sp³-hybridized carbons (Fsp3) is 0.429. The fourth-order valence-electron chi connectivity index (χ4n) is 1.81. The molecule has 1 aliphatic heterocycles. The van der Waals surface area contributed by atoms with Crippen LogP contribution in [0.15, 0.2) is 41.0 Å². The van der Waals surface area contributed by atoms with E-state index in [-0.39, 0.29) is 6.04 Å². The van der Waals surface area contributed by atoms with Crippen molar-refractivity contribution in [3.63, 3.8) is 0 Å². The lowest BCUT2D eigenvalue weighted by atomic mass is 10.2. The third-order valence-corrected chi connectivity index (χ3v) is 3.86. The summed E-state index contributed by atoms with van der Waals surface area (Å²) < 4.78 is 5.57. The summed E-state index contributed by atoms with van der Waals surface area (Å²) in [5.74, 6) is 1.84. The van der Waals surface area contributed by atoms with Gasteiger partial charge in [-0.2, -0.15) is 0 Å². The predicted molar refractivity (Wildman–Crippen MR) is 73.1 cm³/mol. The van der Waals surface area contributed by atoms with E-state index in [0.29, 0.717) is 0 Å². The van der Waals surface area contributed by atoms with Gasteiger partial charge in [-0.3, -0.25) is 0 Å². The van der Waals surface area contributed by atoms with Gasteiger partial charge in [-0.05, 0) is 38.0 Å². The highest BCUT2D eigenvalue weighted by Crippen LogP contribution is 2.22. The summed E-state index contributed by atoms with van der Waals surface area (Å²) >= 11 is 1.79. The monoisotopic (exact) mass is 249 g/mol. The van der Waals surface area contributed by atoms with Gasteiger partial charge < -0.3 is 10.5 Å². The van der Waals surface area contributed by atoms with Crippen molar-refractivity contribution < 1.29 is 4.74 Å². The number of allylic oxidation sites excluding steroid dienone is 1. The van der Waals surface area contributed by atoms with Gasteiger partial charge in [0.15, 0.2) is 0 Å². The smallest absolute Gasteiger partial charge is 0.110 e. The molecule has 1 aromatic carbocycles. The van der Waals surface area contributed by atoms with Crippen LogP contribution in [-0.2, 0) is 4.74 Å². The van der Waals surface area contributed by atoms with Crippen LogP contribution in [0.1, 0.15) is 18.4 Å². The summed E-state index contributed by atoms with van der Waals surface area (Å²) in [6.07, 6.45) is 4.34. The first-order valence-corrected chi connectivity index (χ1v) is 7.02. The lowest BCUT2D eigenvalue weighted by Crippen LogP contribution is -2.28. The summed E-state index contributed by atoms with van der Waals surface area (Å²) in [6, 6.07) is 8.52. The van der Waals surface area contributed by atoms with Crippen LogP contribution in [0.3, 0.4) is 0 Å². The van der Waals surface area contributed by atoms with Gasteiger partial charge in [0.1, 0.15) is 5.76 Å². The summed E-state index contributed by atoms with van der Waals surface area (Å²) in [7, 11) is 0.